The summed E-state index contributed by atoms with van der Waals surface area (Å²) in [4.78, 5) is 2.40. The molecule has 4 nitrogen and oxygen atoms in total. The summed E-state index contributed by atoms with van der Waals surface area (Å²) in [5.74, 6) is 0.795. The molecule has 0 spiro atoms. The Bertz CT molecular complexity index is 391. The van der Waals surface area contributed by atoms with Gasteiger partial charge in [-0.25, -0.2) is 0 Å². The Morgan fingerprint density at radius 2 is 2.15 bits per heavy atom. The Labute approximate surface area is 129 Å². The monoisotopic (exact) mass is 300 g/mol. The zero-order chi connectivity index (χ0) is 13.9. The van der Waals surface area contributed by atoms with Crippen molar-refractivity contribution in [1.29, 1.82) is 0 Å². The third-order valence-electron chi connectivity index (χ3n) is 3.81. The largest absolute Gasteiger partial charge is 0.316 e. The highest BCUT2D eigenvalue weighted by Gasteiger charge is 2.19. The van der Waals surface area contributed by atoms with Crippen LogP contribution in [0.2, 0.25) is 0 Å². The number of aromatic nitrogens is 2. The Hall–Kier alpha value is -0.580. The van der Waals surface area contributed by atoms with E-state index in [0.717, 1.165) is 24.7 Å². The minimum absolute atomic E-state index is 0. The number of piperidine rings is 1. The molecule has 2 heterocycles. The van der Waals surface area contributed by atoms with E-state index in [2.05, 4.69) is 54.3 Å². The second-order valence-corrected chi connectivity index (χ2v) is 6.94. The van der Waals surface area contributed by atoms with Crippen molar-refractivity contribution in [2.45, 2.75) is 45.6 Å². The van der Waals surface area contributed by atoms with Crippen LogP contribution in [-0.4, -0.2) is 41.8 Å². The van der Waals surface area contributed by atoms with E-state index in [4.69, 9.17) is 0 Å². The zero-order valence-electron chi connectivity index (χ0n) is 13.2. The molecule has 1 aliphatic heterocycles. The molecular formula is C15H29ClN4. The lowest BCUT2D eigenvalue weighted by Gasteiger charge is -2.27. The maximum Gasteiger partial charge on any atom is 0.0678 e. The van der Waals surface area contributed by atoms with Crippen LogP contribution in [0.5, 0.6) is 0 Å². The Morgan fingerprint density at radius 3 is 2.70 bits per heavy atom. The van der Waals surface area contributed by atoms with Crippen molar-refractivity contribution in [3.8, 4) is 0 Å². The summed E-state index contributed by atoms with van der Waals surface area (Å²) in [5, 5.41) is 11.1. The number of H-pyrrole nitrogens is 1. The molecule has 1 aliphatic rings. The molecule has 0 aromatic carbocycles. The van der Waals surface area contributed by atoms with Crippen LogP contribution in [0, 0.1) is 5.92 Å². The lowest BCUT2D eigenvalue weighted by atomic mass is 9.92. The van der Waals surface area contributed by atoms with Gasteiger partial charge in [0.1, 0.15) is 0 Å². The van der Waals surface area contributed by atoms with E-state index in [9.17, 15) is 0 Å². The second-order valence-electron chi connectivity index (χ2n) is 6.94. The van der Waals surface area contributed by atoms with Gasteiger partial charge in [0, 0.05) is 24.2 Å². The molecule has 1 saturated heterocycles. The smallest absolute Gasteiger partial charge is 0.0678 e. The van der Waals surface area contributed by atoms with Crippen molar-refractivity contribution < 1.29 is 0 Å². The normalized spacial score (nSPS) is 19.9. The fourth-order valence-corrected chi connectivity index (χ4v) is 2.70. The van der Waals surface area contributed by atoms with Crippen LogP contribution in [0.3, 0.4) is 0 Å². The maximum absolute atomic E-state index is 4.42. The van der Waals surface area contributed by atoms with Crippen LogP contribution in [0.1, 0.15) is 45.0 Å². The number of nitrogens with zero attached hydrogens (tertiary/aromatic N) is 2. The fraction of sp³-hybridized carbons (Fsp3) is 0.800. The molecule has 116 valence electrons. The van der Waals surface area contributed by atoms with Gasteiger partial charge in [-0.1, -0.05) is 20.8 Å². The molecule has 0 radical (unpaired) electrons. The molecule has 0 bridgehead atoms. The van der Waals surface area contributed by atoms with Gasteiger partial charge in [-0.3, -0.25) is 5.10 Å². The van der Waals surface area contributed by atoms with E-state index in [1.807, 2.05) is 0 Å². The quantitative estimate of drug-likeness (QED) is 0.898. The molecule has 0 aliphatic carbocycles. The maximum atomic E-state index is 4.42. The van der Waals surface area contributed by atoms with Crippen molar-refractivity contribution in [2.75, 3.05) is 26.7 Å². The molecule has 20 heavy (non-hydrogen) atoms. The summed E-state index contributed by atoms with van der Waals surface area (Å²) in [6, 6.07) is 2.20. The van der Waals surface area contributed by atoms with Gasteiger partial charge in [-0.05, 0) is 45.0 Å². The standard InChI is InChI=1S/C15H28N4.ClH/c1-15(2,3)14-8-13(17-18-14)11-19(4)10-12-6-5-7-16-9-12;/h8,12,16H,5-7,9-11H2,1-4H3,(H,17,18);1H. The Balaban J connectivity index is 0.00000200. The van der Waals surface area contributed by atoms with Crippen LogP contribution in [0.25, 0.3) is 0 Å². The number of hydrogen-bond acceptors (Lipinski definition) is 3. The molecule has 1 aromatic heterocycles. The predicted octanol–water partition coefficient (Wildman–Crippen LogP) is 2.56. The molecule has 1 atom stereocenters. The Morgan fingerprint density at radius 1 is 1.40 bits per heavy atom. The first kappa shape index (κ1) is 17.5. The molecule has 5 heteroatoms. The van der Waals surface area contributed by atoms with E-state index in [1.54, 1.807) is 0 Å². The van der Waals surface area contributed by atoms with Gasteiger partial charge in [0.05, 0.1) is 5.69 Å². The highest BCUT2D eigenvalue weighted by molar-refractivity contribution is 5.85. The minimum Gasteiger partial charge on any atom is -0.316 e. The zero-order valence-corrected chi connectivity index (χ0v) is 14.0. The van der Waals surface area contributed by atoms with Crippen molar-refractivity contribution in [2.24, 2.45) is 5.92 Å². The van der Waals surface area contributed by atoms with Crippen molar-refractivity contribution >= 4 is 12.4 Å². The molecule has 2 rings (SSSR count). The molecule has 1 aromatic rings. The first-order valence-corrected chi connectivity index (χ1v) is 7.39. The third kappa shape index (κ3) is 5.08. The predicted molar refractivity (Wildman–Crippen MR) is 86.5 cm³/mol. The third-order valence-corrected chi connectivity index (χ3v) is 3.81. The number of aromatic amines is 1. The van der Waals surface area contributed by atoms with Gasteiger partial charge in [-0.2, -0.15) is 5.10 Å². The van der Waals surface area contributed by atoms with Crippen LogP contribution in [0.4, 0.5) is 0 Å². The molecule has 1 unspecified atom stereocenters. The first-order valence-electron chi connectivity index (χ1n) is 7.39. The molecule has 0 amide bonds. The van der Waals surface area contributed by atoms with Gasteiger partial charge >= 0.3 is 0 Å². The van der Waals surface area contributed by atoms with E-state index < -0.39 is 0 Å². The van der Waals surface area contributed by atoms with Crippen LogP contribution >= 0.6 is 12.4 Å². The lowest BCUT2D eigenvalue weighted by molar-refractivity contribution is 0.235. The number of nitrogens with one attached hydrogen (secondary N) is 2. The number of halogens is 1. The highest BCUT2D eigenvalue weighted by atomic mass is 35.5. The van der Waals surface area contributed by atoms with Crippen LogP contribution in [-0.2, 0) is 12.0 Å². The average molecular weight is 301 g/mol. The van der Waals surface area contributed by atoms with Gasteiger partial charge in [0.2, 0.25) is 0 Å². The minimum atomic E-state index is 0. The highest BCUT2D eigenvalue weighted by Crippen LogP contribution is 2.21. The van der Waals surface area contributed by atoms with E-state index >= 15 is 0 Å². The lowest BCUT2D eigenvalue weighted by Crippen LogP contribution is -2.36. The van der Waals surface area contributed by atoms with E-state index in [0.29, 0.717) is 0 Å². The van der Waals surface area contributed by atoms with E-state index in [1.165, 1.54) is 31.6 Å². The molecule has 2 N–H and O–H groups in total. The van der Waals surface area contributed by atoms with Crippen molar-refractivity contribution in [3.63, 3.8) is 0 Å². The summed E-state index contributed by atoms with van der Waals surface area (Å²) < 4.78 is 0. The molecular weight excluding hydrogens is 272 g/mol. The van der Waals surface area contributed by atoms with E-state index in [-0.39, 0.29) is 17.8 Å². The van der Waals surface area contributed by atoms with Crippen LogP contribution < -0.4 is 5.32 Å². The topological polar surface area (TPSA) is 44.0 Å². The molecule has 1 fully saturated rings. The van der Waals surface area contributed by atoms with Crippen LogP contribution in [0.15, 0.2) is 6.07 Å². The summed E-state index contributed by atoms with van der Waals surface area (Å²) in [5.41, 5.74) is 2.49. The van der Waals surface area contributed by atoms with Crippen molar-refractivity contribution in [1.82, 2.24) is 20.4 Å². The first-order chi connectivity index (χ1) is 8.95. The fourth-order valence-electron chi connectivity index (χ4n) is 2.70. The number of hydrogen-bond donors (Lipinski definition) is 2. The van der Waals surface area contributed by atoms with Crippen molar-refractivity contribution in [3.05, 3.63) is 17.5 Å². The van der Waals surface area contributed by atoms with Gasteiger partial charge in [-0.15, -0.1) is 12.4 Å². The molecule has 0 saturated carbocycles. The van der Waals surface area contributed by atoms with Gasteiger partial charge < -0.3 is 10.2 Å². The summed E-state index contributed by atoms with van der Waals surface area (Å²) in [6.07, 6.45) is 2.67. The summed E-state index contributed by atoms with van der Waals surface area (Å²) in [6.45, 7) is 11.1. The Kier molecular flexibility index (Phi) is 6.49. The SMILES string of the molecule is CN(Cc1cc(C(C)(C)C)n[nH]1)CC1CCCNC1.Cl. The number of rotatable bonds is 4. The van der Waals surface area contributed by atoms with Gasteiger partial charge in [0.15, 0.2) is 0 Å². The average Bonchev–Trinajstić information content (AvgIpc) is 2.78. The summed E-state index contributed by atoms with van der Waals surface area (Å²) in [7, 11) is 2.20. The van der Waals surface area contributed by atoms with Gasteiger partial charge in [0.25, 0.3) is 0 Å². The summed E-state index contributed by atoms with van der Waals surface area (Å²) >= 11 is 0. The second kappa shape index (κ2) is 7.43.